The Balaban J connectivity index is 2.31. The van der Waals surface area contributed by atoms with E-state index in [2.05, 4.69) is 9.72 Å². The van der Waals surface area contributed by atoms with Crippen LogP contribution in [0.15, 0.2) is 47.5 Å². The van der Waals surface area contributed by atoms with Gasteiger partial charge in [0.15, 0.2) is 0 Å². The number of benzene rings is 1. The fourth-order valence-electron chi connectivity index (χ4n) is 1.70. The van der Waals surface area contributed by atoms with Crippen LogP contribution in [0, 0.1) is 0 Å². The summed E-state index contributed by atoms with van der Waals surface area (Å²) in [6, 6.07) is 11.1. The largest absolute Gasteiger partial charge is 0.465 e. The summed E-state index contributed by atoms with van der Waals surface area (Å²) in [6.07, 6.45) is -4.56. The fourth-order valence-corrected chi connectivity index (χ4v) is 2.67. The first kappa shape index (κ1) is 16.4. The molecule has 0 N–H and O–H groups in total. The third kappa shape index (κ3) is 4.00. The Morgan fingerprint density at radius 2 is 1.86 bits per heavy atom. The maximum Gasteiger partial charge on any atom is 0.433 e. The van der Waals surface area contributed by atoms with Crippen LogP contribution in [0.4, 0.5) is 13.2 Å². The topological polar surface area (TPSA) is 39.2 Å². The molecule has 1 aromatic carbocycles. The van der Waals surface area contributed by atoms with Gasteiger partial charge in [0.25, 0.3) is 0 Å². The van der Waals surface area contributed by atoms with Crippen molar-refractivity contribution in [3.63, 3.8) is 0 Å². The average Bonchev–Trinajstić information content (AvgIpc) is 2.52. The summed E-state index contributed by atoms with van der Waals surface area (Å²) >= 11 is 1.06. The maximum atomic E-state index is 12.8. The van der Waals surface area contributed by atoms with Crippen molar-refractivity contribution < 1.29 is 22.7 Å². The second-order valence-electron chi connectivity index (χ2n) is 4.31. The van der Waals surface area contributed by atoms with Crippen LogP contribution in [0.25, 0.3) is 0 Å². The van der Waals surface area contributed by atoms with Gasteiger partial charge in [0, 0.05) is 5.75 Å². The van der Waals surface area contributed by atoms with Gasteiger partial charge in [0.2, 0.25) is 0 Å². The molecule has 0 aliphatic carbocycles. The minimum atomic E-state index is -4.56. The van der Waals surface area contributed by atoms with Crippen molar-refractivity contribution >= 4 is 17.7 Å². The monoisotopic (exact) mass is 327 g/mol. The lowest BCUT2D eigenvalue weighted by Crippen LogP contribution is -2.12. The predicted octanol–water partition coefficient (Wildman–Crippen LogP) is 4.18. The van der Waals surface area contributed by atoms with Gasteiger partial charge in [-0.15, -0.1) is 11.8 Å². The van der Waals surface area contributed by atoms with Crippen LogP contribution in [0.5, 0.6) is 0 Å². The second kappa shape index (κ2) is 6.83. The van der Waals surface area contributed by atoms with E-state index in [1.54, 1.807) is 0 Å². The highest BCUT2D eigenvalue weighted by Gasteiger charge is 2.33. The Morgan fingerprint density at radius 3 is 2.45 bits per heavy atom. The van der Waals surface area contributed by atoms with Gasteiger partial charge < -0.3 is 4.74 Å². The highest BCUT2D eigenvalue weighted by molar-refractivity contribution is 7.98. The van der Waals surface area contributed by atoms with Crippen molar-refractivity contribution in [2.24, 2.45) is 0 Å². The summed E-state index contributed by atoms with van der Waals surface area (Å²) in [5, 5.41) is 0.00512. The van der Waals surface area contributed by atoms with Gasteiger partial charge in [-0.1, -0.05) is 30.3 Å². The first-order valence-electron chi connectivity index (χ1n) is 6.25. The number of ether oxygens (including phenoxy) is 1. The van der Waals surface area contributed by atoms with Crippen molar-refractivity contribution in [3.8, 4) is 0 Å². The molecule has 22 heavy (non-hydrogen) atoms. The number of hydrogen-bond donors (Lipinski definition) is 0. The van der Waals surface area contributed by atoms with Crippen LogP contribution in [0.3, 0.4) is 0 Å². The molecule has 0 fully saturated rings. The number of aromatic nitrogens is 1. The van der Waals surface area contributed by atoms with Crippen molar-refractivity contribution in [2.45, 2.75) is 17.0 Å². The molecule has 0 aliphatic heterocycles. The minimum Gasteiger partial charge on any atom is -0.465 e. The van der Waals surface area contributed by atoms with Crippen LogP contribution < -0.4 is 0 Å². The summed E-state index contributed by atoms with van der Waals surface area (Å²) in [6.45, 7) is 0. The van der Waals surface area contributed by atoms with Gasteiger partial charge in [0.1, 0.15) is 10.7 Å². The van der Waals surface area contributed by atoms with E-state index in [1.165, 1.54) is 7.11 Å². The summed E-state index contributed by atoms with van der Waals surface area (Å²) in [4.78, 5) is 15.2. The number of methoxy groups -OCH3 is 1. The molecule has 2 aromatic rings. The average molecular weight is 327 g/mol. The molecular formula is C15H12F3NO2S. The number of alkyl halides is 3. The van der Waals surface area contributed by atoms with Crippen LogP contribution in [0.1, 0.15) is 21.6 Å². The molecule has 0 bridgehead atoms. The molecule has 2 rings (SSSR count). The molecule has 0 unspecified atom stereocenters. The van der Waals surface area contributed by atoms with E-state index < -0.39 is 17.8 Å². The summed E-state index contributed by atoms with van der Waals surface area (Å²) in [5.74, 6) is -0.309. The molecule has 0 amide bonds. The van der Waals surface area contributed by atoms with E-state index in [4.69, 9.17) is 0 Å². The summed E-state index contributed by atoms with van der Waals surface area (Å²) in [5.41, 5.74) is -0.0883. The fraction of sp³-hybridized carbons (Fsp3) is 0.200. The number of esters is 1. The highest BCUT2D eigenvalue weighted by atomic mass is 32.2. The molecule has 0 spiro atoms. The van der Waals surface area contributed by atoms with Crippen molar-refractivity contribution in [1.82, 2.24) is 4.98 Å². The molecule has 0 saturated heterocycles. The zero-order valence-electron chi connectivity index (χ0n) is 11.6. The van der Waals surface area contributed by atoms with E-state index in [1.807, 2.05) is 30.3 Å². The van der Waals surface area contributed by atoms with E-state index >= 15 is 0 Å². The number of hydrogen-bond acceptors (Lipinski definition) is 4. The first-order chi connectivity index (χ1) is 10.4. The molecule has 0 atom stereocenters. The van der Waals surface area contributed by atoms with Gasteiger partial charge >= 0.3 is 12.1 Å². The molecular weight excluding hydrogens is 315 g/mol. The second-order valence-corrected chi connectivity index (χ2v) is 5.28. The van der Waals surface area contributed by atoms with Crippen molar-refractivity contribution in [3.05, 3.63) is 59.3 Å². The molecule has 7 heteroatoms. The van der Waals surface area contributed by atoms with Gasteiger partial charge in [-0.25, -0.2) is 9.78 Å². The van der Waals surface area contributed by atoms with Gasteiger partial charge in [0.05, 0.1) is 12.7 Å². The van der Waals surface area contributed by atoms with Gasteiger partial charge in [-0.2, -0.15) is 13.2 Å². The highest BCUT2D eigenvalue weighted by Crippen LogP contribution is 2.32. The van der Waals surface area contributed by atoms with Gasteiger partial charge in [-0.05, 0) is 17.7 Å². The molecule has 116 valence electrons. The van der Waals surface area contributed by atoms with Gasteiger partial charge in [-0.3, -0.25) is 0 Å². The molecule has 1 aromatic heterocycles. The van der Waals surface area contributed by atoms with Crippen LogP contribution >= 0.6 is 11.8 Å². The number of carbonyl (C=O) groups excluding carboxylic acids is 1. The number of nitrogens with zero attached hydrogens (tertiary/aromatic N) is 1. The van der Waals surface area contributed by atoms with E-state index in [0.717, 1.165) is 29.5 Å². The number of halogens is 3. The molecule has 0 aliphatic rings. The molecule has 3 nitrogen and oxygen atoms in total. The quantitative estimate of drug-likeness (QED) is 0.624. The SMILES string of the molecule is COC(=O)c1ccc(C(F)(F)F)nc1SCc1ccccc1. The lowest BCUT2D eigenvalue weighted by molar-refractivity contribution is -0.141. The van der Waals surface area contributed by atoms with E-state index in [0.29, 0.717) is 5.75 Å². The first-order valence-corrected chi connectivity index (χ1v) is 7.23. The van der Waals surface area contributed by atoms with Crippen molar-refractivity contribution in [1.29, 1.82) is 0 Å². The Labute approximate surface area is 129 Å². The van der Waals surface area contributed by atoms with Crippen LogP contribution in [0.2, 0.25) is 0 Å². The Kier molecular flexibility index (Phi) is 5.07. The molecule has 1 heterocycles. The smallest absolute Gasteiger partial charge is 0.433 e. The normalized spacial score (nSPS) is 11.3. The summed E-state index contributed by atoms with van der Waals surface area (Å²) < 4.78 is 42.9. The molecule has 0 radical (unpaired) electrons. The Hall–Kier alpha value is -2.02. The number of pyridine rings is 1. The number of rotatable bonds is 4. The zero-order chi connectivity index (χ0) is 16.2. The van der Waals surface area contributed by atoms with Crippen molar-refractivity contribution in [2.75, 3.05) is 7.11 Å². The maximum absolute atomic E-state index is 12.8. The minimum absolute atomic E-state index is 0.00512. The number of thioether (sulfide) groups is 1. The standard InChI is InChI=1S/C15H12F3NO2S/c1-21-14(20)11-7-8-12(15(16,17)18)19-13(11)22-9-10-5-3-2-4-6-10/h2-8H,9H2,1H3. The molecule has 0 saturated carbocycles. The zero-order valence-corrected chi connectivity index (χ0v) is 12.4. The van der Waals surface area contributed by atoms with Crippen LogP contribution in [-0.4, -0.2) is 18.1 Å². The number of carbonyl (C=O) groups is 1. The van der Waals surface area contributed by atoms with E-state index in [9.17, 15) is 18.0 Å². The van der Waals surface area contributed by atoms with E-state index in [-0.39, 0.29) is 10.6 Å². The Bertz CT molecular complexity index is 660. The lowest BCUT2D eigenvalue weighted by atomic mass is 10.2. The summed E-state index contributed by atoms with van der Waals surface area (Å²) in [7, 11) is 1.17. The third-order valence-corrected chi connectivity index (χ3v) is 3.84. The Morgan fingerprint density at radius 1 is 1.18 bits per heavy atom. The van der Waals surface area contributed by atoms with Crippen LogP contribution in [-0.2, 0) is 16.7 Å². The lowest BCUT2D eigenvalue weighted by Gasteiger charge is -2.11. The third-order valence-electron chi connectivity index (χ3n) is 2.77. The predicted molar refractivity (Wildman–Crippen MR) is 76.6 cm³/mol.